The van der Waals surface area contributed by atoms with Crippen molar-refractivity contribution in [2.75, 3.05) is 12.4 Å². The maximum Gasteiger partial charge on any atom is 0.224 e. The van der Waals surface area contributed by atoms with E-state index in [9.17, 15) is 4.79 Å². The van der Waals surface area contributed by atoms with Gasteiger partial charge in [0, 0.05) is 29.5 Å². The number of benzene rings is 1. The van der Waals surface area contributed by atoms with E-state index in [2.05, 4.69) is 33.4 Å². The van der Waals surface area contributed by atoms with Gasteiger partial charge < -0.3 is 10.2 Å². The normalized spacial score (nSPS) is 27.6. The van der Waals surface area contributed by atoms with E-state index >= 15 is 0 Å². The Kier molecular flexibility index (Phi) is 1.83. The molecule has 0 spiro atoms. The van der Waals surface area contributed by atoms with Crippen LogP contribution in [0.15, 0.2) is 22.7 Å². The molecule has 1 amide bonds. The number of fused-ring (bicyclic) bond motifs is 3. The predicted molar refractivity (Wildman–Crippen MR) is 61.7 cm³/mol. The lowest BCUT2D eigenvalue weighted by Crippen LogP contribution is -2.34. The second kappa shape index (κ2) is 2.98. The molecule has 3 nitrogen and oxygen atoms in total. The second-order valence-corrected chi connectivity index (χ2v) is 5.05. The van der Waals surface area contributed by atoms with Crippen LogP contribution < -0.4 is 5.32 Å². The van der Waals surface area contributed by atoms with Gasteiger partial charge in [-0.05, 0) is 23.8 Å². The van der Waals surface area contributed by atoms with Gasteiger partial charge >= 0.3 is 0 Å². The van der Waals surface area contributed by atoms with E-state index < -0.39 is 0 Å². The van der Waals surface area contributed by atoms with Crippen molar-refractivity contribution >= 4 is 27.5 Å². The molecule has 0 unspecified atom stereocenters. The van der Waals surface area contributed by atoms with Crippen molar-refractivity contribution in [3.8, 4) is 0 Å². The Morgan fingerprint density at radius 3 is 3.13 bits per heavy atom. The average Bonchev–Trinajstić information content (AvgIpc) is 2.67. The van der Waals surface area contributed by atoms with Crippen LogP contribution in [0.2, 0.25) is 0 Å². The van der Waals surface area contributed by atoms with Gasteiger partial charge in [-0.1, -0.05) is 15.9 Å². The van der Waals surface area contributed by atoms with Gasteiger partial charge in [0.2, 0.25) is 5.91 Å². The average molecular weight is 267 g/mol. The molecule has 2 aliphatic rings. The third-order valence-corrected chi connectivity index (χ3v) is 3.80. The fourth-order valence-electron chi connectivity index (χ4n) is 2.48. The minimum Gasteiger partial charge on any atom is -0.364 e. The minimum absolute atomic E-state index is 0.154. The molecule has 0 bridgehead atoms. The van der Waals surface area contributed by atoms with Crippen molar-refractivity contribution in [3.05, 3.63) is 28.2 Å². The lowest BCUT2D eigenvalue weighted by molar-refractivity contribution is -0.127. The molecule has 1 aromatic carbocycles. The minimum atomic E-state index is 0.154. The number of likely N-dealkylation sites (N-methyl/N-ethyl adjacent to an activating group) is 1. The summed E-state index contributed by atoms with van der Waals surface area (Å²) in [5.41, 5.74) is 2.42. The summed E-state index contributed by atoms with van der Waals surface area (Å²) in [6.07, 6.45) is 0.777. The van der Waals surface area contributed by atoms with Crippen molar-refractivity contribution in [2.45, 2.75) is 18.5 Å². The molecular formula is C11H11BrN2O. The molecular weight excluding hydrogens is 256 g/mol. The Balaban J connectivity index is 2.06. The molecule has 1 aromatic rings. The quantitative estimate of drug-likeness (QED) is 0.781. The Hall–Kier alpha value is -1.03. The van der Waals surface area contributed by atoms with Gasteiger partial charge in [-0.25, -0.2) is 0 Å². The summed E-state index contributed by atoms with van der Waals surface area (Å²) in [5, 5.41) is 3.39. The summed E-state index contributed by atoms with van der Waals surface area (Å²) in [6.45, 7) is 0. The van der Waals surface area contributed by atoms with E-state index in [0.717, 1.165) is 10.2 Å². The summed E-state index contributed by atoms with van der Waals surface area (Å²) in [6, 6.07) is 6.20. The molecule has 3 rings (SSSR count). The van der Waals surface area contributed by atoms with E-state index in [1.165, 1.54) is 5.56 Å². The van der Waals surface area contributed by atoms with Crippen molar-refractivity contribution in [3.63, 3.8) is 0 Å². The maximum atomic E-state index is 11.6. The number of likely N-dealkylation sites (tertiary alicyclic amines) is 1. The molecule has 2 aliphatic heterocycles. The molecule has 0 radical (unpaired) electrons. The van der Waals surface area contributed by atoms with Crippen molar-refractivity contribution < 1.29 is 4.79 Å². The van der Waals surface area contributed by atoms with Gasteiger partial charge in [-0.15, -0.1) is 0 Å². The van der Waals surface area contributed by atoms with Crippen LogP contribution in [0, 0.1) is 0 Å². The van der Waals surface area contributed by atoms with Crippen LogP contribution in [-0.2, 0) is 4.79 Å². The van der Waals surface area contributed by atoms with Gasteiger partial charge in [0.05, 0.1) is 0 Å². The van der Waals surface area contributed by atoms with E-state index in [4.69, 9.17) is 0 Å². The molecule has 0 aromatic heterocycles. The van der Waals surface area contributed by atoms with Crippen LogP contribution in [0.3, 0.4) is 0 Å². The highest BCUT2D eigenvalue weighted by Gasteiger charge is 2.43. The van der Waals surface area contributed by atoms with E-state index in [1.807, 2.05) is 13.1 Å². The Morgan fingerprint density at radius 2 is 2.33 bits per heavy atom. The van der Waals surface area contributed by atoms with Gasteiger partial charge in [-0.2, -0.15) is 0 Å². The first-order valence-corrected chi connectivity index (χ1v) is 5.78. The van der Waals surface area contributed by atoms with Crippen molar-refractivity contribution in [2.24, 2.45) is 0 Å². The molecule has 15 heavy (non-hydrogen) atoms. The third-order valence-electron chi connectivity index (χ3n) is 3.30. The monoisotopic (exact) mass is 266 g/mol. The highest BCUT2D eigenvalue weighted by atomic mass is 79.9. The largest absolute Gasteiger partial charge is 0.364 e. The number of hydrogen-bond acceptors (Lipinski definition) is 2. The number of nitrogens with one attached hydrogen (secondary N) is 1. The summed E-state index contributed by atoms with van der Waals surface area (Å²) < 4.78 is 1.07. The lowest BCUT2D eigenvalue weighted by Gasteiger charge is -2.19. The van der Waals surface area contributed by atoms with Crippen LogP contribution in [0.5, 0.6) is 0 Å². The number of carbonyl (C=O) groups is 1. The molecule has 4 heteroatoms. The summed E-state index contributed by atoms with van der Waals surface area (Å²) >= 11 is 3.47. The van der Waals surface area contributed by atoms with Gasteiger partial charge in [0.15, 0.2) is 0 Å². The maximum absolute atomic E-state index is 11.6. The number of hydrogen-bond donors (Lipinski definition) is 1. The smallest absolute Gasteiger partial charge is 0.224 e. The Morgan fingerprint density at radius 1 is 1.53 bits per heavy atom. The van der Waals surface area contributed by atoms with Crippen LogP contribution >= 0.6 is 15.9 Å². The van der Waals surface area contributed by atoms with Gasteiger partial charge in [0.25, 0.3) is 0 Å². The zero-order chi connectivity index (χ0) is 10.6. The van der Waals surface area contributed by atoms with Crippen LogP contribution in [0.4, 0.5) is 5.69 Å². The fraction of sp³-hybridized carbons (Fsp3) is 0.364. The molecule has 78 valence electrons. The van der Waals surface area contributed by atoms with Crippen molar-refractivity contribution in [1.82, 2.24) is 4.90 Å². The summed E-state index contributed by atoms with van der Waals surface area (Å²) in [4.78, 5) is 13.4. The molecule has 1 saturated heterocycles. The molecule has 1 N–H and O–H groups in total. The number of amides is 1. The van der Waals surface area contributed by atoms with Crippen LogP contribution in [-0.4, -0.2) is 24.0 Å². The topological polar surface area (TPSA) is 32.3 Å². The highest BCUT2D eigenvalue weighted by Crippen LogP contribution is 2.44. The van der Waals surface area contributed by atoms with Crippen LogP contribution in [0.1, 0.15) is 17.9 Å². The SMILES string of the molecule is CN1C(=O)C[C@H]2c3cc(Br)ccc3N[C@H]21. The highest BCUT2D eigenvalue weighted by molar-refractivity contribution is 9.10. The van der Waals surface area contributed by atoms with E-state index in [1.54, 1.807) is 4.90 Å². The summed E-state index contributed by atoms with van der Waals surface area (Å²) in [5.74, 6) is 0.540. The fourth-order valence-corrected chi connectivity index (χ4v) is 2.86. The second-order valence-electron chi connectivity index (χ2n) is 4.14. The number of halogens is 1. The van der Waals surface area contributed by atoms with Crippen molar-refractivity contribution in [1.29, 1.82) is 0 Å². The zero-order valence-corrected chi connectivity index (χ0v) is 9.91. The molecule has 0 saturated carbocycles. The van der Waals surface area contributed by atoms with Gasteiger partial charge in [0.1, 0.15) is 6.17 Å². The summed E-state index contributed by atoms with van der Waals surface area (Å²) in [7, 11) is 1.86. The van der Waals surface area contributed by atoms with E-state index in [0.29, 0.717) is 12.3 Å². The Bertz CT molecular complexity index is 446. The lowest BCUT2D eigenvalue weighted by atomic mass is 9.98. The molecule has 0 aliphatic carbocycles. The molecule has 2 atom stereocenters. The third kappa shape index (κ3) is 1.21. The first-order chi connectivity index (χ1) is 7.16. The first-order valence-electron chi connectivity index (χ1n) is 4.98. The predicted octanol–water partition coefficient (Wildman–Crippen LogP) is 2.15. The van der Waals surface area contributed by atoms with E-state index in [-0.39, 0.29) is 12.1 Å². The Labute approximate surface area is 96.6 Å². The zero-order valence-electron chi connectivity index (χ0n) is 8.33. The standard InChI is InChI=1S/C11H11BrN2O/c1-14-10(15)5-8-7-4-6(12)2-3-9(7)13-11(8)14/h2-4,8,11,13H,5H2,1H3/t8-,11-/m0/s1. The molecule has 1 fully saturated rings. The number of anilines is 1. The molecule has 2 heterocycles. The number of nitrogens with zero attached hydrogens (tertiary/aromatic N) is 1. The van der Waals surface area contributed by atoms with Gasteiger partial charge in [-0.3, -0.25) is 4.79 Å². The number of carbonyl (C=O) groups excluding carboxylic acids is 1. The van der Waals surface area contributed by atoms with Crippen LogP contribution in [0.25, 0.3) is 0 Å². The first kappa shape index (κ1) is 9.21. The number of rotatable bonds is 0.